The molecule has 1 amide bonds. The SMILES string of the molecule is C=C/C=C(\C=C)CN(O)C(=O)C(/C=C\CN(CCC)CCCC)=NC. The van der Waals surface area contributed by atoms with Crippen LogP contribution in [-0.4, -0.2) is 60.0 Å². The van der Waals surface area contributed by atoms with Crippen LogP contribution in [0, 0.1) is 0 Å². The Kier molecular flexibility index (Phi) is 13.2. The van der Waals surface area contributed by atoms with E-state index in [1.807, 2.05) is 6.08 Å². The number of allylic oxidation sites excluding steroid dienone is 2. The van der Waals surface area contributed by atoms with E-state index in [2.05, 4.69) is 36.9 Å². The molecule has 0 rings (SSSR count). The van der Waals surface area contributed by atoms with Crippen molar-refractivity contribution in [3.05, 3.63) is 49.1 Å². The molecular formula is C20H33N3O2. The molecule has 0 atom stereocenters. The maximum absolute atomic E-state index is 12.3. The second-order valence-electron chi connectivity index (χ2n) is 5.71. The van der Waals surface area contributed by atoms with Gasteiger partial charge < -0.3 is 0 Å². The van der Waals surface area contributed by atoms with Crippen molar-refractivity contribution in [1.29, 1.82) is 0 Å². The molecule has 0 bridgehead atoms. The van der Waals surface area contributed by atoms with E-state index in [0.29, 0.717) is 10.6 Å². The van der Waals surface area contributed by atoms with Crippen LogP contribution in [-0.2, 0) is 4.79 Å². The monoisotopic (exact) mass is 347 g/mol. The van der Waals surface area contributed by atoms with Crippen molar-refractivity contribution in [2.24, 2.45) is 4.99 Å². The fourth-order valence-corrected chi connectivity index (χ4v) is 2.26. The van der Waals surface area contributed by atoms with E-state index >= 15 is 0 Å². The van der Waals surface area contributed by atoms with E-state index in [4.69, 9.17) is 0 Å². The van der Waals surface area contributed by atoms with E-state index in [-0.39, 0.29) is 12.3 Å². The first-order chi connectivity index (χ1) is 12.0. The quantitative estimate of drug-likeness (QED) is 0.239. The van der Waals surface area contributed by atoms with Crippen molar-refractivity contribution < 1.29 is 10.0 Å². The molecule has 0 aliphatic rings. The Labute approximate surface area is 152 Å². The molecule has 0 radical (unpaired) electrons. The van der Waals surface area contributed by atoms with Crippen LogP contribution in [0.25, 0.3) is 0 Å². The van der Waals surface area contributed by atoms with E-state index in [9.17, 15) is 10.0 Å². The maximum atomic E-state index is 12.3. The van der Waals surface area contributed by atoms with Gasteiger partial charge in [-0.1, -0.05) is 57.7 Å². The van der Waals surface area contributed by atoms with E-state index in [1.165, 1.54) is 0 Å². The molecule has 25 heavy (non-hydrogen) atoms. The van der Waals surface area contributed by atoms with Gasteiger partial charge in [-0.25, -0.2) is 5.06 Å². The van der Waals surface area contributed by atoms with Crippen molar-refractivity contribution in [1.82, 2.24) is 9.96 Å². The molecule has 0 heterocycles. The second-order valence-corrected chi connectivity index (χ2v) is 5.71. The highest BCUT2D eigenvalue weighted by atomic mass is 16.5. The molecule has 140 valence electrons. The molecule has 0 spiro atoms. The molecule has 0 aromatic carbocycles. The van der Waals surface area contributed by atoms with Crippen LogP contribution in [0.3, 0.4) is 0 Å². The zero-order valence-electron chi connectivity index (χ0n) is 15.9. The van der Waals surface area contributed by atoms with Crippen LogP contribution in [0.2, 0.25) is 0 Å². The lowest BCUT2D eigenvalue weighted by Gasteiger charge is -2.19. The number of carbonyl (C=O) groups is 1. The zero-order chi connectivity index (χ0) is 19.1. The minimum Gasteiger partial charge on any atom is -0.300 e. The lowest BCUT2D eigenvalue weighted by atomic mass is 10.2. The molecule has 1 N–H and O–H groups in total. The van der Waals surface area contributed by atoms with Crippen LogP contribution < -0.4 is 0 Å². The first-order valence-corrected chi connectivity index (χ1v) is 8.84. The summed E-state index contributed by atoms with van der Waals surface area (Å²) in [6, 6.07) is 0. The van der Waals surface area contributed by atoms with Gasteiger partial charge in [0.05, 0.1) is 6.54 Å². The van der Waals surface area contributed by atoms with Gasteiger partial charge in [-0.2, -0.15) is 0 Å². The van der Waals surface area contributed by atoms with Crippen LogP contribution in [0.1, 0.15) is 33.1 Å². The molecule has 0 saturated carbocycles. The predicted molar refractivity (Wildman–Crippen MR) is 106 cm³/mol. The lowest BCUT2D eigenvalue weighted by Crippen LogP contribution is -2.34. The van der Waals surface area contributed by atoms with Crippen LogP contribution in [0.15, 0.2) is 54.1 Å². The molecule has 0 unspecified atom stereocenters. The topological polar surface area (TPSA) is 56.1 Å². The Bertz CT molecular complexity index is 507. The number of amides is 1. The number of hydrogen-bond acceptors (Lipinski definition) is 4. The number of aliphatic imine (C=N–C) groups is 1. The number of hydrogen-bond donors (Lipinski definition) is 1. The van der Waals surface area contributed by atoms with E-state index < -0.39 is 5.91 Å². The Morgan fingerprint density at radius 2 is 1.92 bits per heavy atom. The minimum absolute atomic E-state index is 0.0413. The normalized spacial score (nSPS) is 12.7. The van der Waals surface area contributed by atoms with Gasteiger partial charge in [0.25, 0.3) is 5.91 Å². The van der Waals surface area contributed by atoms with Gasteiger partial charge in [0.1, 0.15) is 5.71 Å². The number of hydroxylamine groups is 2. The molecule has 5 nitrogen and oxygen atoms in total. The standard InChI is InChI=1S/C20H33N3O2/c1-6-10-15-22(14-8-3)16-11-13-19(21-5)20(24)23(25)17-18(9-4)12-7-2/h7,9,11-13,25H,2,4,6,8,10,14-17H2,1,3,5H3/b13-11-,18-12+,21-19?. The van der Waals surface area contributed by atoms with Crippen LogP contribution >= 0.6 is 0 Å². The molecule has 5 heteroatoms. The first-order valence-electron chi connectivity index (χ1n) is 8.84. The number of nitrogens with zero attached hydrogens (tertiary/aromatic N) is 3. The minimum atomic E-state index is -0.536. The number of rotatable bonds is 13. The summed E-state index contributed by atoms with van der Waals surface area (Å²) in [5, 5.41) is 10.6. The van der Waals surface area contributed by atoms with Gasteiger partial charge in [0, 0.05) is 13.6 Å². The van der Waals surface area contributed by atoms with Gasteiger partial charge in [-0.05, 0) is 37.6 Å². The lowest BCUT2D eigenvalue weighted by molar-refractivity contribution is -0.154. The maximum Gasteiger partial charge on any atom is 0.295 e. The van der Waals surface area contributed by atoms with Crippen molar-refractivity contribution in [3.63, 3.8) is 0 Å². The van der Waals surface area contributed by atoms with Crippen molar-refractivity contribution >= 4 is 11.6 Å². The van der Waals surface area contributed by atoms with Gasteiger partial charge in [-0.3, -0.25) is 19.9 Å². The summed E-state index contributed by atoms with van der Waals surface area (Å²) in [7, 11) is 1.54. The summed E-state index contributed by atoms with van der Waals surface area (Å²) in [5.74, 6) is -0.536. The Morgan fingerprint density at radius 1 is 1.20 bits per heavy atom. The van der Waals surface area contributed by atoms with Gasteiger partial charge in [0.2, 0.25) is 0 Å². The third-order valence-electron chi connectivity index (χ3n) is 3.63. The smallest absolute Gasteiger partial charge is 0.295 e. The third kappa shape index (κ3) is 9.79. The Balaban J connectivity index is 4.79. The Morgan fingerprint density at radius 3 is 2.44 bits per heavy atom. The van der Waals surface area contributed by atoms with E-state index in [1.54, 1.807) is 31.4 Å². The molecule has 0 saturated heterocycles. The van der Waals surface area contributed by atoms with Gasteiger partial charge >= 0.3 is 0 Å². The van der Waals surface area contributed by atoms with Gasteiger partial charge in [0.15, 0.2) is 0 Å². The summed E-state index contributed by atoms with van der Waals surface area (Å²) in [6.07, 6.45) is 11.9. The fourth-order valence-electron chi connectivity index (χ4n) is 2.26. The molecule has 0 aromatic heterocycles. The molecule has 0 aliphatic carbocycles. The van der Waals surface area contributed by atoms with Crippen LogP contribution in [0.4, 0.5) is 0 Å². The van der Waals surface area contributed by atoms with Gasteiger partial charge in [-0.15, -0.1) is 0 Å². The average molecular weight is 348 g/mol. The Hall–Kier alpha value is -1.98. The number of carbonyl (C=O) groups excluding carboxylic acids is 1. The summed E-state index contributed by atoms with van der Waals surface area (Å²) in [4.78, 5) is 18.6. The first kappa shape index (κ1) is 23.0. The molecule has 0 aliphatic heterocycles. The fraction of sp³-hybridized carbons (Fsp3) is 0.500. The molecule has 0 aromatic rings. The number of unbranched alkanes of at least 4 members (excludes halogenated alkanes) is 1. The predicted octanol–water partition coefficient (Wildman–Crippen LogP) is 3.64. The zero-order valence-corrected chi connectivity index (χ0v) is 15.9. The van der Waals surface area contributed by atoms with Crippen molar-refractivity contribution in [3.8, 4) is 0 Å². The highest BCUT2D eigenvalue weighted by molar-refractivity contribution is 6.43. The summed E-state index contributed by atoms with van der Waals surface area (Å²) < 4.78 is 0. The van der Waals surface area contributed by atoms with Crippen LogP contribution in [0.5, 0.6) is 0 Å². The summed E-state index contributed by atoms with van der Waals surface area (Å²) in [6.45, 7) is 14.5. The second kappa shape index (κ2) is 14.4. The highest BCUT2D eigenvalue weighted by Crippen LogP contribution is 2.02. The van der Waals surface area contributed by atoms with E-state index in [0.717, 1.165) is 38.9 Å². The average Bonchev–Trinajstić information content (AvgIpc) is 2.62. The third-order valence-corrected chi connectivity index (χ3v) is 3.63. The summed E-state index contributed by atoms with van der Waals surface area (Å²) in [5.41, 5.74) is 0.912. The highest BCUT2D eigenvalue weighted by Gasteiger charge is 2.16. The summed E-state index contributed by atoms with van der Waals surface area (Å²) >= 11 is 0. The largest absolute Gasteiger partial charge is 0.300 e. The molecular weight excluding hydrogens is 314 g/mol. The van der Waals surface area contributed by atoms with Crippen molar-refractivity contribution in [2.75, 3.05) is 33.2 Å². The molecule has 0 fully saturated rings. The van der Waals surface area contributed by atoms with Crippen molar-refractivity contribution in [2.45, 2.75) is 33.1 Å².